The van der Waals surface area contributed by atoms with E-state index < -0.39 is 38.1 Å². The van der Waals surface area contributed by atoms with Gasteiger partial charge in [0.25, 0.3) is 5.91 Å². The summed E-state index contributed by atoms with van der Waals surface area (Å²) < 4.78 is 12.7. The summed E-state index contributed by atoms with van der Waals surface area (Å²) in [4.78, 5) is 55.8. The molecule has 1 fully saturated rings. The number of nitrogens with one attached hydrogen (secondary N) is 2. The number of hydrogen-bond acceptors (Lipinski definition) is 9. The highest BCUT2D eigenvalue weighted by Gasteiger charge is 2.45. The van der Waals surface area contributed by atoms with Crippen LogP contribution >= 0.6 is 0 Å². The van der Waals surface area contributed by atoms with Crippen LogP contribution < -0.4 is 20.4 Å². The third-order valence-electron chi connectivity index (χ3n) is 11.7. The average Bonchev–Trinajstić information content (AvgIpc) is 3.17. The van der Waals surface area contributed by atoms with E-state index in [0.29, 0.717) is 35.4 Å². The van der Waals surface area contributed by atoms with Crippen LogP contribution in [0.3, 0.4) is 0 Å². The van der Waals surface area contributed by atoms with Crippen LogP contribution in [0.25, 0.3) is 16.5 Å². The highest BCUT2D eigenvalue weighted by Crippen LogP contribution is 2.40. The number of nitrogens with zero attached hydrogens (tertiary/aromatic N) is 5. The Labute approximate surface area is 355 Å². The first-order valence-electron chi connectivity index (χ1n) is 20.7. The fourth-order valence-corrected chi connectivity index (χ4v) is 8.92. The third-order valence-corrected chi connectivity index (χ3v) is 16.2. The molecule has 4 heterocycles. The second-order valence-corrected chi connectivity index (χ2v) is 23.4. The molecule has 1 saturated heterocycles. The SMILES string of the molecule is C[C@H]1CN(c2ccncc2NC(=O)c2nc3cc(C4=CCN(C)CC4)ccc3cc2N(Cc2ccccc2)C(=O)O)C[C@@H](NC(=O)OC(C)(C)C)[C@@H]1O[Si](C)(C)C(C)(C)C. The molecule has 3 atom stereocenters. The monoisotopic (exact) mass is 835 g/mol. The van der Waals surface area contributed by atoms with Crippen LogP contribution in [0.1, 0.15) is 76.5 Å². The molecule has 2 aromatic carbocycles. The number of pyridine rings is 2. The fourth-order valence-electron chi connectivity index (χ4n) is 7.49. The van der Waals surface area contributed by atoms with Gasteiger partial charge in [0.1, 0.15) is 5.60 Å². The molecule has 0 spiro atoms. The number of likely N-dealkylation sites (N-methyl/N-ethyl adjacent to an activating group) is 1. The van der Waals surface area contributed by atoms with E-state index in [1.807, 2.05) is 75.4 Å². The molecule has 4 aromatic rings. The second kappa shape index (κ2) is 17.7. The van der Waals surface area contributed by atoms with E-state index in [-0.39, 0.29) is 35.0 Å². The second-order valence-electron chi connectivity index (χ2n) is 18.7. The summed E-state index contributed by atoms with van der Waals surface area (Å²) in [6.07, 6.45) is 4.29. The molecule has 2 aliphatic rings. The van der Waals surface area contributed by atoms with E-state index >= 15 is 0 Å². The summed E-state index contributed by atoms with van der Waals surface area (Å²) >= 11 is 0. The number of hydrogen-bond donors (Lipinski definition) is 3. The minimum absolute atomic E-state index is 0.0100. The van der Waals surface area contributed by atoms with E-state index in [2.05, 4.69) is 79.3 Å². The fraction of sp³-hybridized carbons (Fsp3) is 0.457. The number of benzene rings is 2. The van der Waals surface area contributed by atoms with Crippen molar-refractivity contribution in [2.24, 2.45) is 5.92 Å². The maximum atomic E-state index is 14.7. The molecule has 0 saturated carbocycles. The maximum Gasteiger partial charge on any atom is 0.412 e. The zero-order valence-corrected chi connectivity index (χ0v) is 37.7. The molecule has 14 heteroatoms. The standard InChI is InChI=1S/C46H61N7O6Si/c1-30-27-52(29-37(50-43(55)58-45(2,3)4)41(30)59-60(9,10)46(5,6)7)38-18-21-47-26-36(38)49-42(54)40-39(53(44(56)57)28-31-14-12-11-13-15-31)25-34-17-16-33(24-35(34)48-40)32-19-22-51(8)23-20-32/h11-19,21,24-26,30,37,41H,20,22-23,27-29H2,1-10H3,(H,49,54)(H,50,55)(H,56,57)/t30-,37+,41+/m0/s1. The normalized spacial score (nSPS) is 19.1. The first-order valence-corrected chi connectivity index (χ1v) is 23.6. The number of alkyl carbamates (subject to hydrolysis) is 1. The molecular weight excluding hydrogens is 775 g/mol. The topological polar surface area (TPSA) is 149 Å². The van der Waals surface area contributed by atoms with Gasteiger partial charge in [-0.2, -0.15) is 0 Å². The van der Waals surface area contributed by atoms with Crippen LogP contribution in [0.5, 0.6) is 0 Å². The lowest BCUT2D eigenvalue weighted by molar-refractivity contribution is 0.0336. The van der Waals surface area contributed by atoms with Gasteiger partial charge in [0, 0.05) is 43.7 Å². The molecule has 0 unspecified atom stereocenters. The summed E-state index contributed by atoms with van der Waals surface area (Å²) in [5, 5.41) is 17.5. The molecule has 0 bridgehead atoms. The first kappa shape index (κ1) is 44.2. The van der Waals surface area contributed by atoms with Crippen molar-refractivity contribution in [3.63, 3.8) is 0 Å². The molecule has 0 aliphatic carbocycles. The number of fused-ring (bicyclic) bond motifs is 1. The maximum absolute atomic E-state index is 14.7. The Balaban J connectivity index is 1.37. The Morgan fingerprint density at radius 2 is 1.73 bits per heavy atom. The number of piperidine rings is 1. The van der Waals surface area contributed by atoms with Crippen molar-refractivity contribution in [1.82, 2.24) is 20.2 Å². The van der Waals surface area contributed by atoms with Gasteiger partial charge in [0.05, 0.1) is 47.5 Å². The van der Waals surface area contributed by atoms with Crippen molar-refractivity contribution in [3.8, 4) is 0 Å². The molecule has 60 heavy (non-hydrogen) atoms. The number of rotatable bonds is 10. The van der Waals surface area contributed by atoms with Crippen molar-refractivity contribution >= 4 is 59.9 Å². The predicted octanol–water partition coefficient (Wildman–Crippen LogP) is 9.03. The summed E-state index contributed by atoms with van der Waals surface area (Å²) in [7, 11) is -0.176. The smallest absolute Gasteiger partial charge is 0.412 e. The number of carbonyl (C=O) groups is 3. The summed E-state index contributed by atoms with van der Waals surface area (Å²) in [5.41, 5.74) is 4.08. The van der Waals surface area contributed by atoms with Crippen molar-refractivity contribution in [3.05, 3.63) is 96.0 Å². The van der Waals surface area contributed by atoms with Gasteiger partial charge in [-0.15, -0.1) is 0 Å². The van der Waals surface area contributed by atoms with E-state index in [1.54, 1.807) is 18.5 Å². The largest absolute Gasteiger partial charge is 0.465 e. The molecular formula is C46H61N7O6Si. The highest BCUT2D eigenvalue weighted by atomic mass is 28.4. The van der Waals surface area contributed by atoms with Crippen molar-refractivity contribution in [2.45, 2.75) is 97.3 Å². The lowest BCUT2D eigenvalue weighted by Gasteiger charge is -2.48. The summed E-state index contributed by atoms with van der Waals surface area (Å²) in [6, 6.07) is 18.3. The quantitative estimate of drug-likeness (QED) is 0.132. The number of amides is 3. The Bertz CT molecular complexity index is 2240. The van der Waals surface area contributed by atoms with Gasteiger partial charge >= 0.3 is 12.2 Å². The van der Waals surface area contributed by atoms with Crippen molar-refractivity contribution < 1.29 is 28.7 Å². The Morgan fingerprint density at radius 3 is 2.38 bits per heavy atom. The molecule has 2 aliphatic heterocycles. The van der Waals surface area contributed by atoms with Gasteiger partial charge in [0.2, 0.25) is 0 Å². The zero-order chi connectivity index (χ0) is 43.6. The van der Waals surface area contributed by atoms with E-state index in [4.69, 9.17) is 14.1 Å². The van der Waals surface area contributed by atoms with Gasteiger partial charge in [-0.3, -0.25) is 14.7 Å². The van der Waals surface area contributed by atoms with Gasteiger partial charge in [-0.25, -0.2) is 14.6 Å². The zero-order valence-electron chi connectivity index (χ0n) is 36.7. The molecule has 3 amide bonds. The number of ether oxygens (including phenoxy) is 1. The van der Waals surface area contributed by atoms with E-state index in [0.717, 1.165) is 35.5 Å². The van der Waals surface area contributed by atoms with Crippen LogP contribution in [0.2, 0.25) is 18.1 Å². The summed E-state index contributed by atoms with van der Waals surface area (Å²) in [6.45, 7) is 21.3. The number of anilines is 3. The van der Waals surface area contributed by atoms with Crippen LogP contribution in [0.4, 0.5) is 26.7 Å². The molecule has 2 aromatic heterocycles. The van der Waals surface area contributed by atoms with E-state index in [9.17, 15) is 19.5 Å². The molecule has 6 rings (SSSR count). The van der Waals surface area contributed by atoms with Crippen LogP contribution in [-0.2, 0) is 15.7 Å². The lowest BCUT2D eigenvalue weighted by Crippen LogP contribution is -2.63. The Hall–Kier alpha value is -5.31. The molecule has 13 nitrogen and oxygen atoms in total. The Kier molecular flexibility index (Phi) is 13.1. The predicted molar refractivity (Wildman–Crippen MR) is 241 cm³/mol. The van der Waals surface area contributed by atoms with Gasteiger partial charge in [-0.1, -0.05) is 76.2 Å². The first-order chi connectivity index (χ1) is 28.2. The average molecular weight is 836 g/mol. The van der Waals surface area contributed by atoms with Gasteiger partial charge < -0.3 is 34.7 Å². The van der Waals surface area contributed by atoms with E-state index in [1.165, 1.54) is 5.57 Å². The van der Waals surface area contributed by atoms with Crippen molar-refractivity contribution in [1.29, 1.82) is 0 Å². The molecule has 0 radical (unpaired) electrons. The van der Waals surface area contributed by atoms with Gasteiger partial charge in [-0.05, 0) is 87.3 Å². The number of carbonyl (C=O) groups excluding carboxylic acids is 2. The number of carboxylic acid groups (broad SMARTS) is 1. The lowest BCUT2D eigenvalue weighted by atomic mass is 9.92. The minimum Gasteiger partial charge on any atom is -0.465 e. The summed E-state index contributed by atoms with van der Waals surface area (Å²) in [5.74, 6) is -0.619. The highest BCUT2D eigenvalue weighted by molar-refractivity contribution is 6.74. The third kappa shape index (κ3) is 10.5. The minimum atomic E-state index is -2.26. The van der Waals surface area contributed by atoms with Crippen molar-refractivity contribution in [2.75, 3.05) is 48.3 Å². The molecule has 3 N–H and O–H groups in total. The van der Waals surface area contributed by atoms with Gasteiger partial charge in [0.15, 0.2) is 14.0 Å². The number of aromatic nitrogens is 2. The van der Waals surface area contributed by atoms with Crippen LogP contribution in [-0.4, -0.2) is 97.4 Å². The van der Waals surface area contributed by atoms with Crippen LogP contribution in [0, 0.1) is 5.92 Å². The molecule has 320 valence electrons. The Morgan fingerprint density at radius 1 is 1.00 bits per heavy atom. The van der Waals surface area contributed by atoms with Crippen LogP contribution in [0.15, 0.2) is 79.1 Å².